The van der Waals surface area contributed by atoms with Crippen molar-refractivity contribution in [2.45, 2.75) is 151 Å². The molecule has 0 aromatic heterocycles. The van der Waals surface area contributed by atoms with Crippen LogP contribution < -0.4 is 0 Å². The fourth-order valence-corrected chi connectivity index (χ4v) is 26.1. The second-order valence-electron chi connectivity index (χ2n) is 17.4. The van der Waals surface area contributed by atoms with Crippen molar-refractivity contribution in [2.24, 2.45) is 53.3 Å². The molecular weight excluding hydrogens is 440 g/mol. The molecule has 0 aromatic carbocycles. The first kappa shape index (κ1) is 22.0. The van der Waals surface area contributed by atoms with E-state index in [4.69, 9.17) is 4.43 Å². The molecule has 0 N–H and O–H groups in total. The smallest absolute Gasteiger partial charge is 0.211 e. The lowest BCUT2D eigenvalue weighted by Gasteiger charge is -2.77. The molecule has 12 aliphatic rings. The van der Waals surface area contributed by atoms with Crippen molar-refractivity contribution in [2.75, 3.05) is 0 Å². The normalized spacial score (nSPS) is 60.6. The van der Waals surface area contributed by atoms with Gasteiger partial charge in [-0.05, 0) is 198 Å². The maximum absolute atomic E-state index is 8.23. The Hall–Kier alpha value is 0.177. The Kier molecular flexibility index (Phi) is 4.42. The molecule has 0 radical (unpaired) electrons. The van der Waals surface area contributed by atoms with Gasteiger partial charge < -0.3 is 4.43 Å². The van der Waals surface area contributed by atoms with Crippen molar-refractivity contribution in [3.05, 3.63) is 0 Å². The van der Waals surface area contributed by atoms with E-state index in [0.717, 1.165) is 53.3 Å². The van der Waals surface area contributed by atoms with Gasteiger partial charge in [0.1, 0.15) is 0 Å². The Morgan fingerprint density at radius 2 is 0.629 bits per heavy atom. The van der Waals surface area contributed by atoms with Gasteiger partial charge in [0.05, 0.1) is 0 Å². The first-order valence-electron chi connectivity index (χ1n) is 16.5. The van der Waals surface area contributed by atoms with Crippen molar-refractivity contribution in [1.82, 2.24) is 0 Å². The lowest BCUT2D eigenvalue weighted by Crippen LogP contribution is -2.75. The first-order chi connectivity index (χ1) is 16.9. The highest BCUT2D eigenvalue weighted by atomic mass is 28.4. The van der Waals surface area contributed by atoms with Crippen LogP contribution in [0, 0.1) is 53.3 Å². The summed E-state index contributed by atoms with van der Waals surface area (Å²) in [7, 11) is -2.11. The van der Waals surface area contributed by atoms with Gasteiger partial charge in [-0.15, -0.1) is 0 Å². The lowest BCUT2D eigenvalue weighted by molar-refractivity contribution is -0.0516. The summed E-state index contributed by atoms with van der Waals surface area (Å²) in [5.74, 6) is 9.68. The SMILES string of the molecule is CC(C)O[Si](C12CC3CC(CC(C3)C1)C2)(C12CC3CC(CC(C3)C1)C2)C12CC3CC(CC(C3)C1)C2. The quantitative estimate of drug-likeness (QED) is 0.347. The molecule has 0 amide bonds. The summed E-state index contributed by atoms with van der Waals surface area (Å²) in [5, 5.41) is 1.97. The Bertz CT molecular complexity index is 688. The molecule has 12 bridgehead atoms. The summed E-state index contributed by atoms with van der Waals surface area (Å²) in [5.41, 5.74) is 0. The third kappa shape index (κ3) is 2.76. The number of rotatable bonds is 5. The first-order valence-corrected chi connectivity index (χ1v) is 18.5. The van der Waals surface area contributed by atoms with Crippen LogP contribution in [0.3, 0.4) is 0 Å². The molecule has 0 aliphatic heterocycles. The van der Waals surface area contributed by atoms with E-state index in [1.807, 2.05) is 0 Å². The van der Waals surface area contributed by atoms with Gasteiger partial charge in [-0.1, -0.05) is 0 Å². The lowest BCUT2D eigenvalue weighted by atomic mass is 9.54. The zero-order valence-corrected chi connectivity index (χ0v) is 23.9. The third-order valence-corrected chi connectivity index (χ3v) is 21.9. The Balaban J connectivity index is 1.29. The van der Waals surface area contributed by atoms with Crippen LogP contribution in [0.15, 0.2) is 0 Å². The van der Waals surface area contributed by atoms with Crippen LogP contribution in [0.2, 0.25) is 15.1 Å². The molecule has 2 heteroatoms. The maximum atomic E-state index is 8.23. The molecule has 0 spiro atoms. The van der Waals surface area contributed by atoms with Crippen LogP contribution in [-0.2, 0) is 4.43 Å². The molecule has 0 unspecified atom stereocenters. The van der Waals surface area contributed by atoms with E-state index >= 15 is 0 Å². The van der Waals surface area contributed by atoms with E-state index in [0.29, 0.717) is 21.2 Å². The molecule has 194 valence electrons. The van der Waals surface area contributed by atoms with Crippen LogP contribution >= 0.6 is 0 Å². The minimum Gasteiger partial charge on any atom is -0.413 e. The number of hydrogen-bond donors (Lipinski definition) is 0. The average Bonchev–Trinajstić information content (AvgIpc) is 2.74. The second kappa shape index (κ2) is 7.03. The van der Waals surface area contributed by atoms with E-state index in [9.17, 15) is 0 Å². The number of hydrogen-bond acceptors (Lipinski definition) is 1. The van der Waals surface area contributed by atoms with Gasteiger partial charge in [0, 0.05) is 6.10 Å². The molecule has 1 nitrogen and oxygen atoms in total. The molecule has 12 saturated carbocycles. The van der Waals surface area contributed by atoms with Crippen LogP contribution in [0.5, 0.6) is 0 Å². The zero-order chi connectivity index (χ0) is 23.2. The van der Waals surface area contributed by atoms with Crippen LogP contribution in [0.1, 0.15) is 129 Å². The van der Waals surface area contributed by atoms with E-state index < -0.39 is 8.32 Å². The van der Waals surface area contributed by atoms with Crippen LogP contribution in [-0.4, -0.2) is 14.4 Å². The molecule has 0 saturated heterocycles. The monoisotopic (exact) mass is 492 g/mol. The third-order valence-electron chi connectivity index (χ3n) is 14.8. The van der Waals surface area contributed by atoms with Gasteiger partial charge in [0.2, 0.25) is 8.32 Å². The molecule has 12 aliphatic carbocycles. The van der Waals surface area contributed by atoms with E-state index in [1.54, 1.807) is 116 Å². The van der Waals surface area contributed by atoms with E-state index in [2.05, 4.69) is 13.8 Å². The zero-order valence-electron chi connectivity index (χ0n) is 22.9. The second-order valence-corrected chi connectivity index (χ2v) is 22.2. The minimum atomic E-state index is -2.11. The summed E-state index contributed by atoms with van der Waals surface area (Å²) in [6.45, 7) is 4.98. The van der Waals surface area contributed by atoms with Gasteiger partial charge in [-0.2, -0.15) is 0 Å². The molecule has 12 rings (SSSR count). The fourth-order valence-electron chi connectivity index (χ4n) is 16.0. The summed E-state index contributed by atoms with van der Waals surface area (Å²) in [6.07, 6.45) is 29.5. The summed E-state index contributed by atoms with van der Waals surface area (Å²) >= 11 is 0. The van der Waals surface area contributed by atoms with Crippen molar-refractivity contribution in [3.63, 3.8) is 0 Å². The van der Waals surface area contributed by atoms with Gasteiger partial charge >= 0.3 is 0 Å². The maximum Gasteiger partial charge on any atom is 0.211 e. The van der Waals surface area contributed by atoms with Crippen molar-refractivity contribution < 1.29 is 4.43 Å². The van der Waals surface area contributed by atoms with Gasteiger partial charge in [0.15, 0.2) is 0 Å². The topological polar surface area (TPSA) is 9.23 Å². The van der Waals surface area contributed by atoms with Gasteiger partial charge in [0.25, 0.3) is 0 Å². The highest BCUT2D eigenvalue weighted by molar-refractivity contribution is 6.83. The molecule has 0 atom stereocenters. The van der Waals surface area contributed by atoms with E-state index in [-0.39, 0.29) is 0 Å². The molecular formula is C33H52OSi. The summed E-state index contributed by atoms with van der Waals surface area (Å²) in [4.78, 5) is 0. The van der Waals surface area contributed by atoms with Gasteiger partial charge in [-0.25, -0.2) is 0 Å². The summed E-state index contributed by atoms with van der Waals surface area (Å²) < 4.78 is 8.23. The van der Waals surface area contributed by atoms with Crippen molar-refractivity contribution in [1.29, 1.82) is 0 Å². The molecule has 0 heterocycles. The van der Waals surface area contributed by atoms with E-state index in [1.165, 1.54) is 0 Å². The van der Waals surface area contributed by atoms with Crippen LogP contribution in [0.25, 0.3) is 0 Å². The molecule has 0 aromatic rings. The predicted molar refractivity (Wildman–Crippen MR) is 145 cm³/mol. The molecule has 35 heavy (non-hydrogen) atoms. The largest absolute Gasteiger partial charge is 0.413 e. The van der Waals surface area contributed by atoms with Gasteiger partial charge in [-0.3, -0.25) is 0 Å². The van der Waals surface area contributed by atoms with Crippen molar-refractivity contribution >= 4 is 8.32 Å². The standard InChI is InChI=1S/C33H52OSi/c1-21(2)34-35(31-12-22-3-23(13-31)5-24(4-22)14-31,32-15-25-6-26(16-32)8-27(7-25)17-32)33-18-28-9-29(19-33)11-30(10-28)20-33/h21-30H,3-20H2,1-2H3. The predicted octanol–water partition coefficient (Wildman–Crippen LogP) is 9.27. The van der Waals surface area contributed by atoms with Crippen molar-refractivity contribution in [3.8, 4) is 0 Å². The Morgan fingerprint density at radius 1 is 0.429 bits per heavy atom. The molecule has 12 fully saturated rings. The highest BCUT2D eigenvalue weighted by Gasteiger charge is 2.80. The summed E-state index contributed by atoms with van der Waals surface area (Å²) in [6, 6.07) is 0. The minimum absolute atomic E-state index is 0.454. The van der Waals surface area contributed by atoms with Crippen LogP contribution in [0.4, 0.5) is 0 Å². The average molecular weight is 493 g/mol. The Morgan fingerprint density at radius 3 is 0.800 bits per heavy atom. The highest BCUT2D eigenvalue weighted by Crippen LogP contribution is 2.85. The fraction of sp³-hybridized carbons (Fsp3) is 1.00. The Labute approximate surface area is 216 Å².